The van der Waals surface area contributed by atoms with E-state index in [1.165, 1.54) is 38.6 Å². The Labute approximate surface area is 487 Å². The third-order valence-corrected chi connectivity index (χ3v) is 17.6. The molecule has 7 rings (SSSR count). The minimum absolute atomic E-state index is 0.0814. The van der Waals surface area contributed by atoms with Crippen LogP contribution in [-0.2, 0) is 0 Å². The minimum atomic E-state index is -2.81. The van der Waals surface area contributed by atoms with E-state index in [1.807, 2.05) is 61.3 Å². The average molecular weight is 1100 g/mol. The van der Waals surface area contributed by atoms with E-state index < -0.39 is 23.4 Å². The van der Waals surface area contributed by atoms with Gasteiger partial charge in [0.15, 0.2) is 5.67 Å². The predicted molar refractivity (Wildman–Crippen MR) is 332 cm³/mol. The van der Waals surface area contributed by atoms with Gasteiger partial charge in [-0.15, -0.1) is 29.6 Å². The Kier molecular flexibility index (Phi) is 32.4. The van der Waals surface area contributed by atoms with Crippen LogP contribution in [0.4, 0.5) is 22.0 Å². The molecule has 0 aromatic rings. The molecule has 7 unspecified atom stereocenters. The maximum atomic E-state index is 14.3. The first-order valence-corrected chi connectivity index (χ1v) is 31.6. The lowest BCUT2D eigenvalue weighted by Crippen LogP contribution is -2.45. The minimum Gasteiger partial charge on any atom is -0.297 e. The van der Waals surface area contributed by atoms with E-state index in [-0.39, 0.29) is 28.2 Å². The topological polar surface area (TPSA) is 3.24 Å². The first-order valence-electron chi connectivity index (χ1n) is 31.6. The molecule has 1 fully saturated rings. The predicted octanol–water partition coefficient (Wildman–Crippen LogP) is 21.3. The van der Waals surface area contributed by atoms with E-state index in [4.69, 9.17) is 0 Å². The van der Waals surface area contributed by atoms with E-state index >= 15 is 0 Å². The van der Waals surface area contributed by atoms with Gasteiger partial charge in [-0.3, -0.25) is 4.90 Å². The number of halogens is 5. The molecule has 1 saturated carbocycles. The second-order valence-corrected chi connectivity index (χ2v) is 29.1. The summed E-state index contributed by atoms with van der Waals surface area (Å²) in [5.41, 5.74) is -1.10. The molecule has 79 heavy (non-hydrogen) atoms. The molecule has 0 spiro atoms. The van der Waals surface area contributed by atoms with Crippen molar-refractivity contribution in [3.05, 3.63) is 0 Å². The standard InChI is InChI=1S/C13H23N.2C12H18F2.C12H19F.C12H20.C10H14.C2H6/c1-11-8-6-7-9-14(10-12(11)2)13(3,4)5;1-11(2,3)10-6-4-5-8-12(13,14)9-7-10;1-11(2,3)10-8-6-4-5-7-9-12(10,13)14;1-11(2,3)12(13)9-7-5-4-6-8-10-12;1-12(2,3)11-9-7-5-4-6-8-10-11;1-8-9-6-4-2-3-5-7-10(8)9;1-2/h11-12H,7,9-10H2,1-5H3;10H,4,6-7,9H2,1-3H3;10H,4-6,8H2,1-3H3;4-7,9H2,1-3H3;11H,5,7-10H2,1-3H3;8-10H,4-7H2,1H3;1-2H3/t;;;;;8?,9-,10+;. The van der Waals surface area contributed by atoms with Gasteiger partial charge in [0.05, 0.1) is 0 Å². The zero-order valence-electron chi connectivity index (χ0n) is 54.6. The van der Waals surface area contributed by atoms with Crippen molar-refractivity contribution < 1.29 is 22.0 Å². The molecule has 1 heterocycles. The van der Waals surface area contributed by atoms with Crippen molar-refractivity contribution in [2.45, 2.75) is 309 Å². The van der Waals surface area contributed by atoms with Crippen LogP contribution in [0.3, 0.4) is 0 Å². The van der Waals surface area contributed by atoms with Crippen LogP contribution in [-0.4, -0.2) is 41.0 Å². The number of alkyl halides is 5. The highest BCUT2D eigenvalue weighted by atomic mass is 19.3. The van der Waals surface area contributed by atoms with Crippen LogP contribution in [0.1, 0.15) is 286 Å². The van der Waals surface area contributed by atoms with Gasteiger partial charge in [-0.05, 0) is 161 Å². The molecular weight excluding hydrogens is 986 g/mol. The summed E-state index contributed by atoms with van der Waals surface area (Å²) < 4.78 is 67.7. The second kappa shape index (κ2) is 34.5. The first kappa shape index (κ1) is 74.0. The highest BCUT2D eigenvalue weighted by Gasteiger charge is 2.46. The third-order valence-electron chi connectivity index (χ3n) is 17.6. The SMILES string of the molecule is CC.CC(C)(C)C1(F)C#CCCCCC1.CC(C)(C)C1CCC#CC(F)(F)CC1.CC(C)(C)C1CCC#CCCC1.CC(C)(C)C1CCCCC#CC1(F)F.CC1C#CCCN(C(C)(C)C)CC1C.CC1[C@H]2CCC#CCC[C@@H]12. The number of fused-ring (bicyclic) bond motifs is 1. The summed E-state index contributed by atoms with van der Waals surface area (Å²) in [5.74, 6) is 34.0. The lowest BCUT2D eigenvalue weighted by atomic mass is 9.73. The Hall–Kier alpha value is -3.03. The Morgan fingerprint density at radius 3 is 1.44 bits per heavy atom. The lowest BCUT2D eigenvalue weighted by Gasteiger charge is -2.38. The van der Waals surface area contributed by atoms with Gasteiger partial charge < -0.3 is 0 Å². The molecule has 0 N–H and O–H groups in total. The number of nitrogens with zero attached hydrogens (tertiary/aromatic N) is 1. The number of hydrogen-bond acceptors (Lipinski definition) is 1. The highest BCUT2D eigenvalue weighted by molar-refractivity contribution is 5.19. The molecule has 0 bridgehead atoms. The van der Waals surface area contributed by atoms with E-state index in [0.29, 0.717) is 55.3 Å². The maximum Gasteiger partial charge on any atom is 0.311 e. The van der Waals surface area contributed by atoms with Crippen molar-refractivity contribution in [1.29, 1.82) is 0 Å². The van der Waals surface area contributed by atoms with Crippen LogP contribution < -0.4 is 0 Å². The van der Waals surface area contributed by atoms with Crippen molar-refractivity contribution in [2.24, 2.45) is 69.0 Å². The molecule has 0 amide bonds. The lowest BCUT2D eigenvalue weighted by molar-refractivity contribution is -0.0529. The van der Waals surface area contributed by atoms with Crippen molar-refractivity contribution >= 4 is 0 Å². The van der Waals surface area contributed by atoms with Crippen LogP contribution in [0.15, 0.2) is 0 Å². The zero-order valence-corrected chi connectivity index (χ0v) is 54.6. The molecule has 1 nitrogen and oxygen atoms in total. The van der Waals surface area contributed by atoms with Crippen LogP contribution in [0, 0.1) is 140 Å². The molecule has 0 aromatic heterocycles. The molecule has 450 valence electrons. The molecule has 6 heteroatoms. The van der Waals surface area contributed by atoms with E-state index in [1.54, 1.807) is 0 Å². The van der Waals surface area contributed by atoms with E-state index in [2.05, 4.69) is 153 Å². The van der Waals surface area contributed by atoms with Gasteiger partial charge in [0.25, 0.3) is 0 Å². The van der Waals surface area contributed by atoms with Gasteiger partial charge in [0.1, 0.15) is 0 Å². The Morgan fingerprint density at radius 1 is 0.430 bits per heavy atom. The van der Waals surface area contributed by atoms with Crippen molar-refractivity contribution in [2.75, 3.05) is 13.1 Å². The smallest absolute Gasteiger partial charge is 0.297 e. The summed E-state index contributed by atoms with van der Waals surface area (Å²) in [6.45, 7) is 44.9. The fourth-order valence-corrected chi connectivity index (χ4v) is 11.3. The largest absolute Gasteiger partial charge is 0.311 e. The Balaban J connectivity index is 0.000000472. The fraction of sp³-hybridized carbons (Fsp3) is 0.836. The fourth-order valence-electron chi connectivity index (χ4n) is 11.3. The summed E-state index contributed by atoms with van der Waals surface area (Å²) >= 11 is 0. The van der Waals surface area contributed by atoms with Gasteiger partial charge in [-0.25, -0.2) is 4.39 Å². The molecule has 0 saturated heterocycles. The summed E-state index contributed by atoms with van der Waals surface area (Å²) in [6.07, 6.45) is 22.1. The highest BCUT2D eigenvalue weighted by Crippen LogP contribution is 2.52. The van der Waals surface area contributed by atoms with Gasteiger partial charge in [-0.2, -0.15) is 17.6 Å². The summed E-state index contributed by atoms with van der Waals surface area (Å²) in [6, 6.07) is 0. The quantitative estimate of drug-likeness (QED) is 0.173. The maximum absolute atomic E-state index is 14.3. The third kappa shape index (κ3) is 29.7. The van der Waals surface area contributed by atoms with Crippen LogP contribution in [0.25, 0.3) is 0 Å². The van der Waals surface area contributed by atoms with E-state index in [9.17, 15) is 22.0 Å². The second-order valence-electron chi connectivity index (χ2n) is 29.1. The zero-order chi connectivity index (χ0) is 60.4. The summed E-state index contributed by atoms with van der Waals surface area (Å²) in [5, 5.41) is 0. The average Bonchev–Trinajstić information content (AvgIpc) is 3.89. The van der Waals surface area contributed by atoms with Crippen LogP contribution >= 0.6 is 0 Å². The molecule has 7 aliphatic rings. The first-order chi connectivity index (χ1) is 36.5. The molecule has 6 aliphatic carbocycles. The normalized spacial score (nSPS) is 29.3. The molecule has 0 radical (unpaired) electrons. The molecule has 1 aliphatic heterocycles. The molecule has 9 atom stereocenters. The van der Waals surface area contributed by atoms with Crippen molar-refractivity contribution in [1.82, 2.24) is 4.90 Å². The number of rotatable bonds is 0. The van der Waals surface area contributed by atoms with Gasteiger partial charge in [0.2, 0.25) is 0 Å². The van der Waals surface area contributed by atoms with Crippen molar-refractivity contribution in [3.63, 3.8) is 0 Å². The monoisotopic (exact) mass is 1100 g/mol. The Bertz CT molecular complexity index is 2110. The molecule has 0 aromatic carbocycles. The van der Waals surface area contributed by atoms with Gasteiger partial charge in [-0.1, -0.05) is 160 Å². The van der Waals surface area contributed by atoms with Crippen LogP contribution in [0.5, 0.6) is 0 Å². The van der Waals surface area contributed by atoms with Gasteiger partial charge >= 0.3 is 11.8 Å². The molecular formula is C73H118F5N. The van der Waals surface area contributed by atoms with Gasteiger partial charge in [0, 0.05) is 93.7 Å². The van der Waals surface area contributed by atoms with E-state index in [0.717, 1.165) is 107 Å². The Morgan fingerprint density at radius 2 is 0.911 bits per heavy atom. The van der Waals surface area contributed by atoms with Crippen LogP contribution in [0.2, 0.25) is 0 Å². The summed E-state index contributed by atoms with van der Waals surface area (Å²) in [4.78, 5) is 2.56. The summed E-state index contributed by atoms with van der Waals surface area (Å²) in [7, 11) is 0. The number of hydrogen-bond donors (Lipinski definition) is 0. The van der Waals surface area contributed by atoms with Crippen molar-refractivity contribution in [3.8, 4) is 71.0 Å².